The minimum absolute atomic E-state index is 0.223. The summed E-state index contributed by atoms with van der Waals surface area (Å²) in [6.45, 7) is 4.14. The van der Waals surface area contributed by atoms with Crippen molar-refractivity contribution >= 4 is 23.5 Å². The van der Waals surface area contributed by atoms with Crippen molar-refractivity contribution in [3.63, 3.8) is 0 Å². The molecule has 2 aromatic carbocycles. The number of para-hydroxylation sites is 1. The van der Waals surface area contributed by atoms with Crippen molar-refractivity contribution in [1.82, 2.24) is 0 Å². The molecule has 2 aromatic rings. The fourth-order valence-corrected chi connectivity index (χ4v) is 2.40. The number of anilines is 1. The number of ether oxygens (including phenoxy) is 3. The van der Waals surface area contributed by atoms with E-state index < -0.39 is 24.5 Å². The Labute approximate surface area is 170 Å². The van der Waals surface area contributed by atoms with Gasteiger partial charge in [-0.15, -0.1) is 0 Å². The number of esters is 2. The molecule has 1 amide bonds. The zero-order valence-corrected chi connectivity index (χ0v) is 16.6. The predicted octanol–water partition coefficient (Wildman–Crippen LogP) is 3.84. The van der Waals surface area contributed by atoms with E-state index in [9.17, 15) is 14.4 Å². The normalized spacial score (nSPS) is 10.1. The summed E-state index contributed by atoms with van der Waals surface area (Å²) in [6, 6.07) is 13.0. The van der Waals surface area contributed by atoms with Crippen LogP contribution in [0.4, 0.5) is 5.69 Å². The molecule has 0 atom stereocenters. The van der Waals surface area contributed by atoms with Crippen LogP contribution in [0.1, 0.15) is 47.4 Å². The summed E-state index contributed by atoms with van der Waals surface area (Å²) in [6.07, 6.45) is 1.99. The minimum Gasteiger partial charge on any atom is -0.494 e. The van der Waals surface area contributed by atoms with E-state index in [0.717, 1.165) is 12.8 Å². The maximum absolute atomic E-state index is 12.1. The molecule has 0 unspecified atom stereocenters. The van der Waals surface area contributed by atoms with Gasteiger partial charge in [-0.1, -0.05) is 25.5 Å². The molecule has 7 nitrogen and oxygen atoms in total. The lowest BCUT2D eigenvalue weighted by Gasteiger charge is -2.11. The molecule has 0 spiro atoms. The van der Waals surface area contributed by atoms with Gasteiger partial charge in [-0.2, -0.15) is 0 Å². The quantitative estimate of drug-likeness (QED) is 0.482. The lowest BCUT2D eigenvalue weighted by molar-refractivity contribution is -0.119. The second-order valence-electron chi connectivity index (χ2n) is 6.12. The second kappa shape index (κ2) is 11.5. The molecule has 0 radical (unpaired) electrons. The maximum Gasteiger partial charge on any atom is 0.340 e. The van der Waals surface area contributed by atoms with Gasteiger partial charge in [-0.3, -0.25) is 4.79 Å². The molecule has 0 heterocycles. The standard InChI is InChI=1S/C22H25NO6/c1-3-5-14-28-17-12-10-16(11-13-17)21(25)29-15-20(24)23-19-9-7-6-8-18(19)22(26)27-4-2/h6-13H,3-5,14-15H2,1-2H3,(H,23,24). The zero-order valence-electron chi connectivity index (χ0n) is 16.6. The van der Waals surface area contributed by atoms with Gasteiger partial charge in [0.1, 0.15) is 5.75 Å². The highest BCUT2D eigenvalue weighted by Gasteiger charge is 2.15. The molecule has 0 saturated carbocycles. The van der Waals surface area contributed by atoms with Gasteiger partial charge in [0.25, 0.3) is 5.91 Å². The average molecular weight is 399 g/mol. The van der Waals surface area contributed by atoms with Crippen LogP contribution in [0.15, 0.2) is 48.5 Å². The van der Waals surface area contributed by atoms with Crippen molar-refractivity contribution in [2.75, 3.05) is 25.1 Å². The summed E-state index contributed by atoms with van der Waals surface area (Å²) >= 11 is 0. The number of amides is 1. The third-order valence-corrected chi connectivity index (χ3v) is 3.89. The summed E-state index contributed by atoms with van der Waals surface area (Å²) in [4.78, 5) is 36.2. The molecule has 2 rings (SSSR count). The van der Waals surface area contributed by atoms with Crippen molar-refractivity contribution < 1.29 is 28.6 Å². The average Bonchev–Trinajstić information content (AvgIpc) is 2.73. The lowest BCUT2D eigenvalue weighted by atomic mass is 10.2. The third kappa shape index (κ3) is 6.95. The Morgan fingerprint density at radius 3 is 2.31 bits per heavy atom. The van der Waals surface area contributed by atoms with E-state index in [0.29, 0.717) is 23.6 Å². The fourth-order valence-electron chi connectivity index (χ4n) is 2.40. The molecule has 1 N–H and O–H groups in total. The Bertz CT molecular complexity index is 831. The molecule has 154 valence electrons. The van der Waals surface area contributed by atoms with Crippen molar-refractivity contribution in [2.24, 2.45) is 0 Å². The largest absolute Gasteiger partial charge is 0.494 e. The van der Waals surface area contributed by atoms with E-state index in [1.807, 2.05) is 0 Å². The number of rotatable bonds is 10. The van der Waals surface area contributed by atoms with Gasteiger partial charge in [-0.05, 0) is 49.7 Å². The van der Waals surface area contributed by atoms with Gasteiger partial charge in [0.15, 0.2) is 6.61 Å². The van der Waals surface area contributed by atoms with Crippen molar-refractivity contribution in [3.05, 3.63) is 59.7 Å². The Hall–Kier alpha value is -3.35. The van der Waals surface area contributed by atoms with Crippen LogP contribution in [0.5, 0.6) is 5.75 Å². The maximum atomic E-state index is 12.1. The van der Waals surface area contributed by atoms with Crippen molar-refractivity contribution in [3.8, 4) is 5.75 Å². The van der Waals surface area contributed by atoms with E-state index in [-0.39, 0.29) is 12.2 Å². The fraction of sp³-hybridized carbons (Fsp3) is 0.318. The van der Waals surface area contributed by atoms with Crippen molar-refractivity contribution in [2.45, 2.75) is 26.7 Å². The van der Waals surface area contributed by atoms with Crippen LogP contribution >= 0.6 is 0 Å². The summed E-state index contributed by atoms with van der Waals surface area (Å²) in [5.41, 5.74) is 0.834. The van der Waals surface area contributed by atoms with E-state index >= 15 is 0 Å². The summed E-state index contributed by atoms with van der Waals surface area (Å²) in [7, 11) is 0. The molecule has 0 saturated heterocycles. The molecule has 0 bridgehead atoms. The number of nitrogens with one attached hydrogen (secondary N) is 1. The topological polar surface area (TPSA) is 90.9 Å². The minimum atomic E-state index is -0.626. The first-order chi connectivity index (χ1) is 14.0. The van der Waals surface area contributed by atoms with Gasteiger partial charge < -0.3 is 19.5 Å². The van der Waals surface area contributed by atoms with Crippen LogP contribution in [-0.2, 0) is 14.3 Å². The van der Waals surface area contributed by atoms with Gasteiger partial charge in [0.2, 0.25) is 0 Å². The molecule has 0 fully saturated rings. The van der Waals surface area contributed by atoms with Crippen LogP contribution < -0.4 is 10.1 Å². The molecule has 0 aliphatic rings. The van der Waals surface area contributed by atoms with Crippen LogP contribution in [0.2, 0.25) is 0 Å². The molecular formula is C22H25NO6. The molecule has 0 aliphatic heterocycles. The van der Waals surface area contributed by atoms with Crippen LogP contribution in [0.25, 0.3) is 0 Å². The monoisotopic (exact) mass is 399 g/mol. The first kappa shape index (κ1) is 21.9. The zero-order chi connectivity index (χ0) is 21.1. The Kier molecular flexibility index (Phi) is 8.69. The highest BCUT2D eigenvalue weighted by molar-refractivity contribution is 6.02. The molecular weight excluding hydrogens is 374 g/mol. The number of unbranched alkanes of at least 4 members (excludes halogenated alkanes) is 1. The van der Waals surface area contributed by atoms with E-state index in [4.69, 9.17) is 14.2 Å². The molecule has 0 aliphatic carbocycles. The first-order valence-electron chi connectivity index (χ1n) is 9.51. The van der Waals surface area contributed by atoms with Crippen LogP contribution in [-0.4, -0.2) is 37.7 Å². The Balaban J connectivity index is 1.88. The third-order valence-electron chi connectivity index (χ3n) is 3.89. The molecule has 0 aromatic heterocycles. The highest BCUT2D eigenvalue weighted by atomic mass is 16.5. The molecule has 29 heavy (non-hydrogen) atoms. The number of carbonyl (C=O) groups excluding carboxylic acids is 3. The highest BCUT2D eigenvalue weighted by Crippen LogP contribution is 2.17. The van der Waals surface area contributed by atoms with E-state index in [2.05, 4.69) is 12.2 Å². The molecule has 7 heteroatoms. The lowest BCUT2D eigenvalue weighted by Crippen LogP contribution is -2.22. The van der Waals surface area contributed by atoms with Crippen molar-refractivity contribution in [1.29, 1.82) is 0 Å². The number of hydrogen-bond donors (Lipinski definition) is 1. The SMILES string of the molecule is CCCCOc1ccc(C(=O)OCC(=O)Nc2ccccc2C(=O)OCC)cc1. The van der Waals surface area contributed by atoms with Gasteiger partial charge in [0.05, 0.1) is 30.0 Å². The predicted molar refractivity (Wildman–Crippen MR) is 108 cm³/mol. The van der Waals surface area contributed by atoms with Crippen LogP contribution in [0, 0.1) is 0 Å². The van der Waals surface area contributed by atoms with Gasteiger partial charge in [-0.25, -0.2) is 9.59 Å². The van der Waals surface area contributed by atoms with E-state index in [1.165, 1.54) is 0 Å². The second-order valence-corrected chi connectivity index (χ2v) is 6.12. The Morgan fingerprint density at radius 1 is 0.897 bits per heavy atom. The summed E-state index contributed by atoms with van der Waals surface area (Å²) < 4.78 is 15.5. The number of carbonyl (C=O) groups is 3. The Morgan fingerprint density at radius 2 is 1.62 bits per heavy atom. The summed E-state index contributed by atoms with van der Waals surface area (Å²) in [5.74, 6) is -1.06. The number of benzene rings is 2. The van der Waals surface area contributed by atoms with Gasteiger partial charge >= 0.3 is 11.9 Å². The first-order valence-corrected chi connectivity index (χ1v) is 9.51. The van der Waals surface area contributed by atoms with Gasteiger partial charge in [0, 0.05) is 0 Å². The van der Waals surface area contributed by atoms with Crippen LogP contribution in [0.3, 0.4) is 0 Å². The number of hydrogen-bond acceptors (Lipinski definition) is 6. The smallest absolute Gasteiger partial charge is 0.340 e. The summed E-state index contributed by atoms with van der Waals surface area (Å²) in [5, 5.41) is 2.56. The van der Waals surface area contributed by atoms with E-state index in [1.54, 1.807) is 55.5 Å².